The van der Waals surface area contributed by atoms with E-state index in [2.05, 4.69) is 32.0 Å². The number of nitrogens with zero attached hydrogens (tertiary/aromatic N) is 2. The summed E-state index contributed by atoms with van der Waals surface area (Å²) in [5.41, 5.74) is 3.11. The van der Waals surface area contributed by atoms with Gasteiger partial charge < -0.3 is 20.7 Å². The van der Waals surface area contributed by atoms with Crippen molar-refractivity contribution in [2.75, 3.05) is 18.9 Å². The number of anilines is 1. The second-order valence-electron chi connectivity index (χ2n) is 8.23. The molecule has 1 amide bonds. The Bertz CT molecular complexity index is 906. The van der Waals surface area contributed by atoms with Crippen molar-refractivity contribution in [1.82, 2.24) is 15.6 Å². The van der Waals surface area contributed by atoms with Crippen molar-refractivity contribution in [3.63, 3.8) is 0 Å². The Kier molecular flexibility index (Phi) is 7.02. The minimum atomic E-state index is 0.0510. The largest absolute Gasteiger partial charge is 0.474 e. The second-order valence-corrected chi connectivity index (χ2v) is 8.23. The fourth-order valence-electron chi connectivity index (χ4n) is 4.25. The van der Waals surface area contributed by atoms with Crippen LogP contribution < -0.4 is 20.7 Å². The minimum Gasteiger partial charge on any atom is -0.474 e. The molecule has 1 unspecified atom stereocenters. The minimum absolute atomic E-state index is 0.0510. The van der Waals surface area contributed by atoms with Gasteiger partial charge in [-0.15, -0.1) is 0 Å². The molecule has 2 heterocycles. The number of pyridine rings is 1. The Morgan fingerprint density at radius 3 is 2.77 bits per heavy atom. The molecule has 0 spiro atoms. The Morgan fingerprint density at radius 1 is 1.16 bits per heavy atom. The molecule has 7 nitrogen and oxygen atoms in total. The molecule has 0 radical (unpaired) electrons. The maximum Gasteiger partial charge on any atom is 0.225 e. The Balaban J connectivity index is 1.27. The van der Waals surface area contributed by atoms with Gasteiger partial charge in [0.05, 0.1) is 0 Å². The molecule has 0 bridgehead atoms. The molecule has 1 aliphatic carbocycles. The predicted molar refractivity (Wildman–Crippen MR) is 122 cm³/mol. The van der Waals surface area contributed by atoms with E-state index in [0.29, 0.717) is 37.5 Å². The highest BCUT2D eigenvalue weighted by molar-refractivity contribution is 5.94. The smallest absolute Gasteiger partial charge is 0.225 e. The number of nitrogens with one attached hydrogen (secondary N) is 3. The summed E-state index contributed by atoms with van der Waals surface area (Å²) in [5.74, 6) is 1.56. The number of fused-ring (bicyclic) bond motifs is 1. The SMILES string of the molecule is CN=C(NCc1ccc(OC2CCCCC2)nc1)NCC1CC(=O)Nc2ccccc21. The lowest BCUT2D eigenvalue weighted by molar-refractivity contribution is -0.116. The Morgan fingerprint density at radius 2 is 2.00 bits per heavy atom. The van der Waals surface area contributed by atoms with Crippen LogP contribution in [-0.2, 0) is 11.3 Å². The molecule has 3 N–H and O–H groups in total. The van der Waals surface area contributed by atoms with Gasteiger partial charge in [-0.2, -0.15) is 0 Å². The first-order valence-electron chi connectivity index (χ1n) is 11.2. The molecule has 2 aliphatic rings. The number of hydrogen-bond donors (Lipinski definition) is 3. The van der Waals surface area contributed by atoms with E-state index >= 15 is 0 Å². The summed E-state index contributed by atoms with van der Waals surface area (Å²) in [4.78, 5) is 20.8. The maximum atomic E-state index is 12.0. The van der Waals surface area contributed by atoms with E-state index in [-0.39, 0.29) is 11.8 Å². The monoisotopic (exact) mass is 421 g/mol. The van der Waals surface area contributed by atoms with Gasteiger partial charge in [0.15, 0.2) is 5.96 Å². The molecule has 1 fully saturated rings. The van der Waals surface area contributed by atoms with Crippen LogP contribution in [-0.4, -0.2) is 36.5 Å². The topological polar surface area (TPSA) is 87.6 Å². The number of para-hydroxylation sites is 1. The van der Waals surface area contributed by atoms with Gasteiger partial charge in [-0.05, 0) is 42.9 Å². The average molecular weight is 422 g/mol. The van der Waals surface area contributed by atoms with E-state index in [1.807, 2.05) is 36.5 Å². The molecular formula is C24H31N5O2. The van der Waals surface area contributed by atoms with Gasteiger partial charge in [0.25, 0.3) is 0 Å². The lowest BCUT2D eigenvalue weighted by atomic mass is 9.90. The summed E-state index contributed by atoms with van der Waals surface area (Å²) in [6.07, 6.45) is 8.67. The van der Waals surface area contributed by atoms with Crippen LogP contribution in [0.3, 0.4) is 0 Å². The van der Waals surface area contributed by atoms with Gasteiger partial charge in [0.1, 0.15) is 6.10 Å². The first kappa shape index (κ1) is 21.2. The normalized spacial score (nSPS) is 19.3. The molecule has 1 atom stereocenters. The summed E-state index contributed by atoms with van der Waals surface area (Å²) in [5, 5.41) is 9.61. The van der Waals surface area contributed by atoms with Crippen LogP contribution in [0, 0.1) is 0 Å². The summed E-state index contributed by atoms with van der Waals surface area (Å²) < 4.78 is 6.00. The molecule has 164 valence electrons. The standard InChI is InChI=1S/C24H31N5O2/c1-25-24(28-16-18-13-22(30)29-21-10-6-5-9-20(18)21)27-15-17-11-12-23(26-14-17)31-19-7-3-2-4-8-19/h5-6,9-12,14,18-19H,2-4,7-8,13,15-16H2,1H3,(H,29,30)(H2,25,27,28). The highest BCUT2D eigenvalue weighted by Gasteiger charge is 2.24. The van der Waals surface area contributed by atoms with E-state index in [1.165, 1.54) is 19.3 Å². The second kappa shape index (κ2) is 10.3. The van der Waals surface area contributed by atoms with Crippen LogP contribution >= 0.6 is 0 Å². The summed E-state index contributed by atoms with van der Waals surface area (Å²) in [6, 6.07) is 11.9. The number of benzene rings is 1. The fraction of sp³-hybridized carbons (Fsp3) is 0.458. The van der Waals surface area contributed by atoms with E-state index in [0.717, 1.165) is 29.7 Å². The molecule has 1 aromatic carbocycles. The van der Waals surface area contributed by atoms with E-state index < -0.39 is 0 Å². The third-order valence-corrected chi connectivity index (χ3v) is 5.94. The van der Waals surface area contributed by atoms with Crippen molar-refractivity contribution >= 4 is 17.6 Å². The number of amides is 1. The first-order valence-corrected chi connectivity index (χ1v) is 11.2. The van der Waals surface area contributed by atoms with Gasteiger partial charge in [0, 0.05) is 50.4 Å². The lowest BCUT2D eigenvalue weighted by Crippen LogP contribution is -2.40. The highest BCUT2D eigenvalue weighted by atomic mass is 16.5. The molecule has 4 rings (SSSR count). The van der Waals surface area contributed by atoms with E-state index in [1.54, 1.807) is 7.05 Å². The van der Waals surface area contributed by atoms with Crippen LogP contribution in [0.15, 0.2) is 47.6 Å². The molecule has 2 aromatic rings. The van der Waals surface area contributed by atoms with Crippen molar-refractivity contribution in [3.8, 4) is 5.88 Å². The predicted octanol–water partition coefficient (Wildman–Crippen LogP) is 3.58. The third kappa shape index (κ3) is 5.75. The zero-order chi connectivity index (χ0) is 21.5. The third-order valence-electron chi connectivity index (χ3n) is 5.94. The summed E-state index contributed by atoms with van der Waals surface area (Å²) in [6.45, 7) is 1.24. The number of carbonyl (C=O) groups is 1. The number of aromatic nitrogens is 1. The molecule has 7 heteroatoms. The van der Waals surface area contributed by atoms with Crippen LogP contribution in [0.1, 0.15) is 55.6 Å². The first-order chi connectivity index (χ1) is 15.2. The van der Waals surface area contributed by atoms with Crippen molar-refractivity contribution in [2.24, 2.45) is 4.99 Å². The van der Waals surface area contributed by atoms with Gasteiger partial charge in [0.2, 0.25) is 11.8 Å². The number of aliphatic imine (C=N–C) groups is 1. The van der Waals surface area contributed by atoms with Crippen LogP contribution in [0.2, 0.25) is 0 Å². The van der Waals surface area contributed by atoms with Crippen LogP contribution in [0.25, 0.3) is 0 Å². The quantitative estimate of drug-likeness (QED) is 0.490. The Hall–Kier alpha value is -3.09. The van der Waals surface area contributed by atoms with Crippen molar-refractivity contribution in [3.05, 3.63) is 53.7 Å². The molecule has 1 saturated carbocycles. The van der Waals surface area contributed by atoms with Crippen LogP contribution in [0.5, 0.6) is 5.88 Å². The fourth-order valence-corrected chi connectivity index (χ4v) is 4.25. The van der Waals surface area contributed by atoms with Crippen molar-refractivity contribution in [2.45, 2.75) is 57.1 Å². The maximum absolute atomic E-state index is 12.0. The highest BCUT2D eigenvalue weighted by Crippen LogP contribution is 2.31. The van der Waals surface area contributed by atoms with Gasteiger partial charge in [-0.25, -0.2) is 4.98 Å². The van der Waals surface area contributed by atoms with Crippen molar-refractivity contribution in [1.29, 1.82) is 0 Å². The number of ether oxygens (including phenoxy) is 1. The molecular weight excluding hydrogens is 390 g/mol. The van der Waals surface area contributed by atoms with Gasteiger partial charge >= 0.3 is 0 Å². The molecule has 31 heavy (non-hydrogen) atoms. The van der Waals surface area contributed by atoms with E-state index in [9.17, 15) is 4.79 Å². The molecule has 0 saturated heterocycles. The number of hydrogen-bond acceptors (Lipinski definition) is 4. The van der Waals surface area contributed by atoms with Gasteiger partial charge in [-0.3, -0.25) is 9.79 Å². The lowest BCUT2D eigenvalue weighted by Gasteiger charge is -2.26. The van der Waals surface area contributed by atoms with Gasteiger partial charge in [-0.1, -0.05) is 30.7 Å². The zero-order valence-corrected chi connectivity index (χ0v) is 18.1. The zero-order valence-electron chi connectivity index (χ0n) is 18.1. The summed E-state index contributed by atoms with van der Waals surface area (Å²) in [7, 11) is 1.75. The number of rotatable bonds is 6. The number of guanidine groups is 1. The average Bonchev–Trinajstić information content (AvgIpc) is 2.80. The molecule has 1 aliphatic heterocycles. The van der Waals surface area contributed by atoms with E-state index in [4.69, 9.17) is 4.74 Å². The Labute approximate surface area is 183 Å². The van der Waals surface area contributed by atoms with Crippen LogP contribution in [0.4, 0.5) is 5.69 Å². The molecule has 1 aromatic heterocycles. The summed E-state index contributed by atoms with van der Waals surface area (Å²) >= 11 is 0. The van der Waals surface area contributed by atoms with Crippen molar-refractivity contribution < 1.29 is 9.53 Å². The number of carbonyl (C=O) groups excluding carboxylic acids is 1.